The average molecular weight is 323 g/mol. The SMILES string of the molecule is CC(C)CCNC(=O)N1CCCCCC1c1ccc(Cl)cc1. The standard InChI is InChI=1S/C18H27ClN2O/c1-14(2)11-12-20-18(22)21-13-5-3-4-6-17(21)15-7-9-16(19)10-8-15/h7-10,14,17H,3-6,11-13H2,1-2H3,(H,20,22). The molecule has 0 aliphatic carbocycles. The number of hydrogen-bond donors (Lipinski definition) is 1. The van der Waals surface area contributed by atoms with Crippen molar-refractivity contribution in [2.45, 2.75) is 52.0 Å². The Labute approximate surface area is 139 Å². The number of nitrogens with one attached hydrogen (secondary N) is 1. The van der Waals surface area contributed by atoms with E-state index in [-0.39, 0.29) is 12.1 Å². The molecule has 1 aliphatic rings. The molecule has 4 heteroatoms. The number of likely N-dealkylation sites (tertiary alicyclic amines) is 1. The molecule has 22 heavy (non-hydrogen) atoms. The highest BCUT2D eigenvalue weighted by atomic mass is 35.5. The maximum absolute atomic E-state index is 12.6. The summed E-state index contributed by atoms with van der Waals surface area (Å²) >= 11 is 5.99. The Morgan fingerprint density at radius 3 is 2.68 bits per heavy atom. The number of urea groups is 1. The second kappa shape index (κ2) is 8.42. The van der Waals surface area contributed by atoms with Gasteiger partial charge in [0.1, 0.15) is 0 Å². The summed E-state index contributed by atoms with van der Waals surface area (Å²) in [5, 5.41) is 3.82. The minimum Gasteiger partial charge on any atom is -0.338 e. The summed E-state index contributed by atoms with van der Waals surface area (Å²) in [6, 6.07) is 8.16. The molecule has 122 valence electrons. The van der Waals surface area contributed by atoms with Crippen LogP contribution in [-0.2, 0) is 0 Å². The number of carbonyl (C=O) groups is 1. The molecule has 3 nitrogen and oxygen atoms in total. The van der Waals surface area contributed by atoms with Gasteiger partial charge in [0.05, 0.1) is 6.04 Å². The zero-order valence-electron chi connectivity index (χ0n) is 13.6. The van der Waals surface area contributed by atoms with Crippen LogP contribution in [-0.4, -0.2) is 24.0 Å². The van der Waals surface area contributed by atoms with Crippen molar-refractivity contribution in [2.75, 3.05) is 13.1 Å². The van der Waals surface area contributed by atoms with E-state index in [9.17, 15) is 4.79 Å². The second-order valence-corrected chi connectivity index (χ2v) is 6.96. The van der Waals surface area contributed by atoms with Crippen LogP contribution in [0.1, 0.15) is 57.6 Å². The summed E-state index contributed by atoms with van der Waals surface area (Å²) in [6.07, 6.45) is 5.50. The van der Waals surface area contributed by atoms with E-state index in [0.717, 1.165) is 37.4 Å². The highest BCUT2D eigenvalue weighted by Gasteiger charge is 2.26. The van der Waals surface area contributed by atoms with Crippen LogP contribution in [0.5, 0.6) is 0 Å². The summed E-state index contributed by atoms with van der Waals surface area (Å²) in [4.78, 5) is 14.6. The lowest BCUT2D eigenvalue weighted by Crippen LogP contribution is -2.42. The van der Waals surface area contributed by atoms with Gasteiger partial charge in [0.15, 0.2) is 0 Å². The monoisotopic (exact) mass is 322 g/mol. The second-order valence-electron chi connectivity index (χ2n) is 6.52. The number of hydrogen-bond acceptors (Lipinski definition) is 1. The van der Waals surface area contributed by atoms with E-state index in [4.69, 9.17) is 11.6 Å². The van der Waals surface area contributed by atoms with Crippen molar-refractivity contribution in [1.82, 2.24) is 10.2 Å². The van der Waals surface area contributed by atoms with E-state index >= 15 is 0 Å². The molecular formula is C18H27ClN2O. The number of amides is 2. The van der Waals surface area contributed by atoms with Gasteiger partial charge in [0.2, 0.25) is 0 Å². The normalized spacial score (nSPS) is 19.1. The number of halogens is 1. The first-order valence-electron chi connectivity index (χ1n) is 8.38. The minimum absolute atomic E-state index is 0.0718. The van der Waals surface area contributed by atoms with Crippen LogP contribution in [0.3, 0.4) is 0 Å². The van der Waals surface area contributed by atoms with Crippen molar-refractivity contribution in [2.24, 2.45) is 5.92 Å². The summed E-state index contributed by atoms with van der Waals surface area (Å²) in [7, 11) is 0. The van der Waals surface area contributed by atoms with Gasteiger partial charge < -0.3 is 10.2 Å². The van der Waals surface area contributed by atoms with Gasteiger partial charge in [-0.05, 0) is 42.9 Å². The molecule has 0 saturated carbocycles. The Bertz CT molecular complexity index is 472. The van der Waals surface area contributed by atoms with Crippen molar-refractivity contribution < 1.29 is 4.79 Å². The van der Waals surface area contributed by atoms with Gasteiger partial charge >= 0.3 is 6.03 Å². The van der Waals surface area contributed by atoms with Crippen LogP contribution in [0.4, 0.5) is 4.79 Å². The Morgan fingerprint density at radius 1 is 1.27 bits per heavy atom. The summed E-state index contributed by atoms with van der Waals surface area (Å²) in [6.45, 7) is 5.93. The smallest absolute Gasteiger partial charge is 0.317 e. The molecule has 1 aliphatic heterocycles. The van der Waals surface area contributed by atoms with E-state index in [0.29, 0.717) is 5.92 Å². The molecular weight excluding hydrogens is 296 g/mol. The molecule has 2 rings (SSSR count). The largest absolute Gasteiger partial charge is 0.338 e. The molecule has 1 N–H and O–H groups in total. The molecule has 0 aromatic heterocycles. The maximum atomic E-state index is 12.6. The van der Waals surface area contributed by atoms with Crippen molar-refractivity contribution in [1.29, 1.82) is 0 Å². The molecule has 1 heterocycles. The van der Waals surface area contributed by atoms with Crippen molar-refractivity contribution in [3.8, 4) is 0 Å². The summed E-state index contributed by atoms with van der Waals surface area (Å²) in [5.41, 5.74) is 1.19. The molecule has 0 spiro atoms. The third-order valence-corrected chi connectivity index (χ3v) is 4.52. The van der Waals surface area contributed by atoms with Gasteiger partial charge in [0, 0.05) is 18.1 Å². The van der Waals surface area contributed by atoms with E-state index in [1.54, 1.807) is 0 Å². The fourth-order valence-electron chi connectivity index (χ4n) is 2.95. The zero-order chi connectivity index (χ0) is 15.9. The molecule has 1 fully saturated rings. The lowest BCUT2D eigenvalue weighted by molar-refractivity contribution is 0.175. The Balaban J connectivity index is 2.06. The van der Waals surface area contributed by atoms with E-state index in [1.165, 1.54) is 18.4 Å². The summed E-state index contributed by atoms with van der Waals surface area (Å²) in [5.74, 6) is 0.608. The number of rotatable bonds is 4. The van der Waals surface area contributed by atoms with Gasteiger partial charge in [0.25, 0.3) is 0 Å². The van der Waals surface area contributed by atoms with Gasteiger partial charge in [-0.3, -0.25) is 0 Å². The molecule has 1 saturated heterocycles. The highest BCUT2D eigenvalue weighted by molar-refractivity contribution is 6.30. The van der Waals surface area contributed by atoms with Crippen molar-refractivity contribution in [3.05, 3.63) is 34.9 Å². The van der Waals surface area contributed by atoms with E-state index in [1.807, 2.05) is 29.2 Å². The first-order chi connectivity index (χ1) is 10.6. The molecule has 1 unspecified atom stereocenters. The third-order valence-electron chi connectivity index (χ3n) is 4.27. The quantitative estimate of drug-likeness (QED) is 0.830. The molecule has 0 bridgehead atoms. The number of nitrogens with zero attached hydrogens (tertiary/aromatic N) is 1. The van der Waals surface area contributed by atoms with Gasteiger partial charge in [-0.25, -0.2) is 4.79 Å². The lowest BCUT2D eigenvalue weighted by Gasteiger charge is -2.30. The first kappa shape index (κ1) is 17.1. The first-order valence-corrected chi connectivity index (χ1v) is 8.75. The third kappa shape index (κ3) is 4.91. The molecule has 0 radical (unpaired) electrons. The van der Waals surface area contributed by atoms with Crippen molar-refractivity contribution in [3.63, 3.8) is 0 Å². The Morgan fingerprint density at radius 2 is 2.00 bits per heavy atom. The predicted octanol–water partition coefficient (Wildman–Crippen LogP) is 5.01. The average Bonchev–Trinajstić information content (AvgIpc) is 2.73. The maximum Gasteiger partial charge on any atom is 0.317 e. The van der Waals surface area contributed by atoms with Gasteiger partial charge in [-0.1, -0.05) is 50.4 Å². The van der Waals surface area contributed by atoms with Crippen molar-refractivity contribution >= 4 is 17.6 Å². The van der Waals surface area contributed by atoms with Crippen LogP contribution in [0.2, 0.25) is 5.02 Å². The summed E-state index contributed by atoms with van der Waals surface area (Å²) < 4.78 is 0. The Hall–Kier alpha value is -1.22. The zero-order valence-corrected chi connectivity index (χ0v) is 14.4. The van der Waals surface area contributed by atoms with E-state index < -0.39 is 0 Å². The fourth-order valence-corrected chi connectivity index (χ4v) is 3.08. The highest BCUT2D eigenvalue weighted by Crippen LogP contribution is 2.30. The molecule has 1 aromatic carbocycles. The van der Waals surface area contributed by atoms with Crippen LogP contribution in [0, 0.1) is 5.92 Å². The Kier molecular flexibility index (Phi) is 6.56. The van der Waals surface area contributed by atoms with Gasteiger partial charge in [-0.2, -0.15) is 0 Å². The molecule has 1 aromatic rings. The van der Waals surface area contributed by atoms with Crippen LogP contribution < -0.4 is 5.32 Å². The van der Waals surface area contributed by atoms with Gasteiger partial charge in [-0.15, -0.1) is 0 Å². The number of benzene rings is 1. The van der Waals surface area contributed by atoms with E-state index in [2.05, 4.69) is 19.2 Å². The van der Waals surface area contributed by atoms with Crippen LogP contribution in [0.25, 0.3) is 0 Å². The fraction of sp³-hybridized carbons (Fsp3) is 0.611. The van der Waals surface area contributed by atoms with Crippen LogP contribution >= 0.6 is 11.6 Å². The molecule has 1 atom stereocenters. The molecule has 2 amide bonds. The van der Waals surface area contributed by atoms with Crippen LogP contribution in [0.15, 0.2) is 24.3 Å². The topological polar surface area (TPSA) is 32.3 Å². The lowest BCUT2D eigenvalue weighted by atomic mass is 10.0. The predicted molar refractivity (Wildman–Crippen MR) is 92.2 cm³/mol. The minimum atomic E-state index is 0.0718. The number of carbonyl (C=O) groups excluding carboxylic acids is 1.